The first-order valence-corrected chi connectivity index (χ1v) is 6.28. The van der Waals surface area contributed by atoms with Crippen molar-refractivity contribution in [3.8, 4) is 0 Å². The molecule has 3 amide bonds. The highest BCUT2D eigenvalue weighted by Crippen LogP contribution is 2.19. The molecule has 1 aliphatic rings. The normalized spacial score (nSPS) is 16.1. The Labute approximate surface area is 112 Å². The summed E-state index contributed by atoms with van der Waals surface area (Å²) in [6, 6.07) is 7.10. The number of carbonyl (C=O) groups is 2. The van der Waals surface area contributed by atoms with Crippen LogP contribution in [0.4, 0.5) is 16.2 Å². The number of nitrogens with two attached hydrogens (primary N) is 1. The number of hydrogen-bond acceptors (Lipinski definition) is 3. The van der Waals surface area contributed by atoms with Crippen LogP contribution in [-0.2, 0) is 4.79 Å². The summed E-state index contributed by atoms with van der Waals surface area (Å²) in [6.45, 7) is 3.41. The van der Waals surface area contributed by atoms with Crippen molar-refractivity contribution in [2.75, 3.05) is 29.9 Å². The zero-order valence-corrected chi connectivity index (χ0v) is 10.8. The highest BCUT2D eigenvalue weighted by Gasteiger charge is 2.20. The molecule has 0 bridgehead atoms. The van der Waals surface area contributed by atoms with Crippen LogP contribution in [0.1, 0.15) is 6.92 Å². The maximum Gasteiger partial charge on any atom is 0.321 e. The van der Waals surface area contributed by atoms with Crippen LogP contribution < -0.4 is 21.3 Å². The van der Waals surface area contributed by atoms with Crippen LogP contribution in [0.5, 0.6) is 0 Å². The third-order valence-corrected chi connectivity index (χ3v) is 3.10. The van der Waals surface area contributed by atoms with E-state index in [0.717, 1.165) is 5.69 Å². The predicted molar refractivity (Wildman–Crippen MR) is 74.0 cm³/mol. The van der Waals surface area contributed by atoms with Gasteiger partial charge in [0.15, 0.2) is 0 Å². The van der Waals surface area contributed by atoms with Gasteiger partial charge in [-0.25, -0.2) is 4.79 Å². The number of anilines is 2. The van der Waals surface area contributed by atoms with Crippen LogP contribution in [0.2, 0.25) is 0 Å². The van der Waals surface area contributed by atoms with Gasteiger partial charge in [0.25, 0.3) is 0 Å². The number of benzene rings is 1. The number of nitrogens with zero attached hydrogens (tertiary/aromatic N) is 1. The van der Waals surface area contributed by atoms with Crippen molar-refractivity contribution < 1.29 is 9.59 Å². The van der Waals surface area contributed by atoms with E-state index >= 15 is 0 Å². The van der Waals surface area contributed by atoms with Gasteiger partial charge in [0.1, 0.15) is 0 Å². The van der Waals surface area contributed by atoms with E-state index in [1.165, 1.54) is 0 Å². The molecule has 1 heterocycles. The maximum atomic E-state index is 11.7. The Balaban J connectivity index is 2.02. The molecule has 6 heteroatoms. The molecule has 0 saturated carbocycles. The van der Waals surface area contributed by atoms with Crippen LogP contribution in [0, 0.1) is 5.92 Å². The van der Waals surface area contributed by atoms with E-state index in [0.29, 0.717) is 25.3 Å². The van der Waals surface area contributed by atoms with E-state index in [1.54, 1.807) is 24.0 Å². The van der Waals surface area contributed by atoms with Crippen molar-refractivity contribution in [1.82, 2.24) is 5.32 Å². The Morgan fingerprint density at radius 3 is 2.68 bits per heavy atom. The minimum absolute atomic E-state index is 0.0893. The zero-order valence-electron chi connectivity index (χ0n) is 10.8. The van der Waals surface area contributed by atoms with E-state index < -0.39 is 0 Å². The Hall–Kier alpha value is -2.08. The first-order chi connectivity index (χ1) is 9.11. The van der Waals surface area contributed by atoms with Gasteiger partial charge in [0, 0.05) is 36.9 Å². The van der Waals surface area contributed by atoms with Crippen LogP contribution in [0.3, 0.4) is 0 Å². The standard InChI is InChI=1S/C13H18N4O2/c1-9(8-14)12(18)16-10-2-4-11(5-3-10)17-7-6-15-13(17)19/h2-5,9H,6-8,14H2,1H3,(H,15,19)(H,16,18). The second-order valence-electron chi connectivity index (χ2n) is 4.56. The minimum Gasteiger partial charge on any atom is -0.336 e. The molecule has 102 valence electrons. The van der Waals surface area contributed by atoms with Crippen molar-refractivity contribution in [3.05, 3.63) is 24.3 Å². The molecule has 6 nitrogen and oxygen atoms in total. The molecular weight excluding hydrogens is 244 g/mol. The van der Waals surface area contributed by atoms with Gasteiger partial charge in [-0.05, 0) is 24.3 Å². The number of amides is 3. The molecule has 1 atom stereocenters. The fourth-order valence-corrected chi connectivity index (χ4v) is 1.82. The lowest BCUT2D eigenvalue weighted by molar-refractivity contribution is -0.119. The largest absolute Gasteiger partial charge is 0.336 e. The fraction of sp³-hybridized carbons (Fsp3) is 0.385. The lowest BCUT2D eigenvalue weighted by Crippen LogP contribution is -2.28. The molecule has 0 spiro atoms. The van der Waals surface area contributed by atoms with Crippen molar-refractivity contribution in [2.45, 2.75) is 6.92 Å². The molecule has 1 aliphatic heterocycles. The monoisotopic (exact) mass is 262 g/mol. The summed E-state index contributed by atoms with van der Waals surface area (Å²) in [5.41, 5.74) is 6.96. The van der Waals surface area contributed by atoms with Crippen LogP contribution in [0.25, 0.3) is 0 Å². The molecule has 2 rings (SSSR count). The Morgan fingerprint density at radius 1 is 1.47 bits per heavy atom. The van der Waals surface area contributed by atoms with Gasteiger partial charge in [-0.2, -0.15) is 0 Å². The SMILES string of the molecule is CC(CN)C(=O)Nc1ccc(N2CCNC2=O)cc1. The summed E-state index contributed by atoms with van der Waals surface area (Å²) in [5.74, 6) is -0.321. The molecule has 1 aromatic carbocycles. The summed E-state index contributed by atoms with van der Waals surface area (Å²) < 4.78 is 0. The van der Waals surface area contributed by atoms with Crippen LogP contribution >= 0.6 is 0 Å². The number of hydrogen-bond donors (Lipinski definition) is 3. The minimum atomic E-state index is -0.218. The summed E-state index contributed by atoms with van der Waals surface area (Å²) in [5, 5.41) is 5.52. The third-order valence-electron chi connectivity index (χ3n) is 3.10. The van der Waals surface area contributed by atoms with Crippen LogP contribution in [0.15, 0.2) is 24.3 Å². The lowest BCUT2D eigenvalue weighted by atomic mass is 10.1. The molecule has 1 saturated heterocycles. The molecular formula is C13H18N4O2. The van der Waals surface area contributed by atoms with Gasteiger partial charge in [0.05, 0.1) is 0 Å². The first kappa shape index (κ1) is 13.4. The Bertz CT molecular complexity index is 472. The van der Waals surface area contributed by atoms with E-state index in [1.807, 2.05) is 12.1 Å². The topological polar surface area (TPSA) is 87.5 Å². The predicted octanol–water partition coefficient (Wildman–Crippen LogP) is 0.749. The third kappa shape index (κ3) is 3.03. The highest BCUT2D eigenvalue weighted by molar-refractivity contribution is 5.95. The molecule has 19 heavy (non-hydrogen) atoms. The average Bonchev–Trinajstić information content (AvgIpc) is 2.85. The van der Waals surface area contributed by atoms with Crippen molar-refractivity contribution in [1.29, 1.82) is 0 Å². The number of carbonyl (C=O) groups excluding carboxylic acids is 2. The number of urea groups is 1. The Kier molecular flexibility index (Phi) is 4.01. The molecule has 0 aromatic heterocycles. The van der Waals surface area contributed by atoms with Gasteiger partial charge in [-0.3, -0.25) is 9.69 Å². The summed E-state index contributed by atoms with van der Waals surface area (Å²) >= 11 is 0. The molecule has 1 unspecified atom stereocenters. The van der Waals surface area contributed by atoms with E-state index in [9.17, 15) is 9.59 Å². The van der Waals surface area contributed by atoms with Gasteiger partial charge >= 0.3 is 6.03 Å². The summed E-state index contributed by atoms with van der Waals surface area (Å²) in [4.78, 5) is 24.8. The quantitative estimate of drug-likeness (QED) is 0.748. The molecule has 4 N–H and O–H groups in total. The van der Waals surface area contributed by atoms with E-state index in [4.69, 9.17) is 5.73 Å². The van der Waals surface area contributed by atoms with Gasteiger partial charge in [-0.15, -0.1) is 0 Å². The highest BCUT2D eigenvalue weighted by atomic mass is 16.2. The smallest absolute Gasteiger partial charge is 0.321 e. The summed E-state index contributed by atoms with van der Waals surface area (Å²) in [7, 11) is 0. The summed E-state index contributed by atoms with van der Waals surface area (Å²) in [6.07, 6.45) is 0. The van der Waals surface area contributed by atoms with Gasteiger partial charge in [-0.1, -0.05) is 6.92 Å². The molecule has 1 fully saturated rings. The maximum absolute atomic E-state index is 11.7. The Morgan fingerprint density at radius 2 is 2.16 bits per heavy atom. The number of nitrogens with one attached hydrogen (secondary N) is 2. The molecule has 1 aromatic rings. The van der Waals surface area contributed by atoms with E-state index in [2.05, 4.69) is 10.6 Å². The van der Waals surface area contributed by atoms with Gasteiger partial charge < -0.3 is 16.4 Å². The molecule has 0 radical (unpaired) electrons. The second-order valence-corrected chi connectivity index (χ2v) is 4.56. The first-order valence-electron chi connectivity index (χ1n) is 6.28. The molecule has 0 aliphatic carbocycles. The van der Waals surface area contributed by atoms with Crippen molar-refractivity contribution >= 4 is 23.3 Å². The van der Waals surface area contributed by atoms with Crippen molar-refractivity contribution in [2.24, 2.45) is 11.7 Å². The lowest BCUT2D eigenvalue weighted by Gasteiger charge is -2.15. The number of rotatable bonds is 4. The van der Waals surface area contributed by atoms with Crippen molar-refractivity contribution in [3.63, 3.8) is 0 Å². The second kappa shape index (κ2) is 5.71. The van der Waals surface area contributed by atoms with Crippen LogP contribution in [-0.4, -0.2) is 31.6 Å². The average molecular weight is 262 g/mol. The van der Waals surface area contributed by atoms with Gasteiger partial charge in [0.2, 0.25) is 5.91 Å². The van der Waals surface area contributed by atoms with E-state index in [-0.39, 0.29) is 17.9 Å². The zero-order chi connectivity index (χ0) is 13.8. The fourth-order valence-electron chi connectivity index (χ4n) is 1.82.